The molecule has 4 heteroatoms. The van der Waals surface area contributed by atoms with Crippen LogP contribution in [-0.2, 0) is 6.54 Å². The van der Waals surface area contributed by atoms with Gasteiger partial charge < -0.3 is 5.11 Å². The quantitative estimate of drug-likeness (QED) is 0.731. The first-order valence-corrected chi connectivity index (χ1v) is 3.96. The maximum Gasteiger partial charge on any atom is 0.127 e. The van der Waals surface area contributed by atoms with Crippen molar-refractivity contribution in [1.29, 1.82) is 0 Å². The van der Waals surface area contributed by atoms with Gasteiger partial charge in [0.2, 0.25) is 0 Å². The van der Waals surface area contributed by atoms with Crippen LogP contribution in [0.2, 0.25) is 0 Å². The predicted octanol–water partition coefficient (Wildman–Crippen LogP) is 0.850. The highest BCUT2D eigenvalue weighted by molar-refractivity contribution is 4.78. The average Bonchev–Trinajstić information content (AvgIpc) is 2.55. The SMILES string of the molecule is C[C@H](Cn1cccn1)[C@H](F)CO. The zero-order valence-corrected chi connectivity index (χ0v) is 7.02. The molecule has 1 aromatic heterocycles. The van der Waals surface area contributed by atoms with Gasteiger partial charge in [-0.25, -0.2) is 4.39 Å². The molecule has 1 heterocycles. The zero-order valence-electron chi connectivity index (χ0n) is 7.02. The van der Waals surface area contributed by atoms with Crippen LogP contribution in [0.1, 0.15) is 6.92 Å². The van der Waals surface area contributed by atoms with Crippen LogP contribution in [0, 0.1) is 5.92 Å². The van der Waals surface area contributed by atoms with Gasteiger partial charge in [0, 0.05) is 24.9 Å². The smallest absolute Gasteiger partial charge is 0.127 e. The summed E-state index contributed by atoms with van der Waals surface area (Å²) in [6, 6.07) is 1.79. The minimum Gasteiger partial charge on any atom is -0.393 e. The van der Waals surface area contributed by atoms with E-state index >= 15 is 0 Å². The minimum atomic E-state index is -1.16. The number of aromatic nitrogens is 2. The normalized spacial score (nSPS) is 15.9. The number of aliphatic hydroxyl groups is 1. The van der Waals surface area contributed by atoms with Gasteiger partial charge in [0.1, 0.15) is 6.17 Å². The predicted molar refractivity (Wildman–Crippen MR) is 43.4 cm³/mol. The lowest BCUT2D eigenvalue weighted by Gasteiger charge is -2.13. The topological polar surface area (TPSA) is 38.0 Å². The summed E-state index contributed by atoms with van der Waals surface area (Å²) >= 11 is 0. The minimum absolute atomic E-state index is 0.199. The Labute approximate surface area is 70.8 Å². The molecule has 0 saturated heterocycles. The highest BCUT2D eigenvalue weighted by Gasteiger charge is 2.15. The van der Waals surface area contributed by atoms with Crippen molar-refractivity contribution in [2.24, 2.45) is 5.92 Å². The number of aliphatic hydroxyl groups excluding tert-OH is 1. The summed E-state index contributed by atoms with van der Waals surface area (Å²) in [6.07, 6.45) is 2.27. The Balaban J connectivity index is 2.41. The van der Waals surface area contributed by atoms with Crippen molar-refractivity contribution in [2.45, 2.75) is 19.6 Å². The number of nitrogens with zero attached hydrogens (tertiary/aromatic N) is 2. The highest BCUT2D eigenvalue weighted by atomic mass is 19.1. The fraction of sp³-hybridized carbons (Fsp3) is 0.625. The van der Waals surface area contributed by atoms with Crippen LogP contribution in [0.15, 0.2) is 18.5 Å². The Bertz CT molecular complexity index is 213. The summed E-state index contributed by atoms with van der Waals surface area (Å²) in [5, 5.41) is 12.5. The van der Waals surface area contributed by atoms with Crippen LogP contribution >= 0.6 is 0 Å². The number of alkyl halides is 1. The van der Waals surface area contributed by atoms with Crippen molar-refractivity contribution in [3.8, 4) is 0 Å². The van der Waals surface area contributed by atoms with E-state index in [4.69, 9.17) is 5.11 Å². The number of rotatable bonds is 4. The van der Waals surface area contributed by atoms with E-state index in [1.807, 2.05) is 0 Å². The van der Waals surface area contributed by atoms with Crippen LogP contribution in [-0.4, -0.2) is 27.7 Å². The average molecular weight is 172 g/mol. The molecule has 0 bridgehead atoms. The number of hydrogen-bond donors (Lipinski definition) is 1. The molecule has 68 valence electrons. The Morgan fingerprint density at radius 3 is 2.92 bits per heavy atom. The first kappa shape index (κ1) is 9.19. The molecule has 0 aliphatic rings. The fourth-order valence-electron chi connectivity index (χ4n) is 0.998. The van der Waals surface area contributed by atoms with Crippen molar-refractivity contribution < 1.29 is 9.50 Å². The molecule has 0 amide bonds. The van der Waals surface area contributed by atoms with Crippen LogP contribution in [0.25, 0.3) is 0 Å². The molecule has 3 nitrogen and oxygen atoms in total. The van der Waals surface area contributed by atoms with Gasteiger partial charge in [0.25, 0.3) is 0 Å². The molecular weight excluding hydrogens is 159 g/mol. The van der Waals surface area contributed by atoms with Crippen molar-refractivity contribution in [1.82, 2.24) is 9.78 Å². The van der Waals surface area contributed by atoms with Crippen molar-refractivity contribution >= 4 is 0 Å². The second-order valence-electron chi connectivity index (χ2n) is 2.90. The molecule has 1 aromatic rings. The van der Waals surface area contributed by atoms with Crippen molar-refractivity contribution in [2.75, 3.05) is 6.61 Å². The summed E-state index contributed by atoms with van der Waals surface area (Å²) in [5.41, 5.74) is 0. The van der Waals surface area contributed by atoms with E-state index in [0.29, 0.717) is 6.54 Å². The molecule has 12 heavy (non-hydrogen) atoms. The maximum atomic E-state index is 12.8. The van der Waals surface area contributed by atoms with E-state index in [-0.39, 0.29) is 5.92 Å². The third-order valence-corrected chi connectivity index (χ3v) is 1.83. The summed E-state index contributed by atoms with van der Waals surface area (Å²) in [4.78, 5) is 0. The van der Waals surface area contributed by atoms with Gasteiger partial charge in [-0.05, 0) is 6.07 Å². The molecule has 1 rings (SSSR count). The van der Waals surface area contributed by atoms with E-state index in [9.17, 15) is 4.39 Å². The Kier molecular flexibility index (Phi) is 3.22. The van der Waals surface area contributed by atoms with Crippen LogP contribution in [0.3, 0.4) is 0 Å². The maximum absolute atomic E-state index is 12.8. The van der Waals surface area contributed by atoms with Gasteiger partial charge in [-0.1, -0.05) is 6.92 Å². The molecule has 0 saturated carbocycles. The summed E-state index contributed by atoms with van der Waals surface area (Å²) in [7, 11) is 0. The lowest BCUT2D eigenvalue weighted by molar-refractivity contribution is 0.123. The van der Waals surface area contributed by atoms with E-state index in [1.54, 1.807) is 30.1 Å². The van der Waals surface area contributed by atoms with Gasteiger partial charge in [0.05, 0.1) is 6.61 Å². The van der Waals surface area contributed by atoms with E-state index < -0.39 is 12.8 Å². The third kappa shape index (κ3) is 2.30. The molecule has 0 unspecified atom stereocenters. The van der Waals surface area contributed by atoms with Gasteiger partial charge in [-0.3, -0.25) is 4.68 Å². The van der Waals surface area contributed by atoms with Crippen LogP contribution in [0.5, 0.6) is 0 Å². The lowest BCUT2D eigenvalue weighted by Crippen LogP contribution is -2.22. The molecule has 0 fully saturated rings. The van der Waals surface area contributed by atoms with Gasteiger partial charge in [-0.2, -0.15) is 5.10 Å². The Morgan fingerprint density at radius 1 is 1.67 bits per heavy atom. The number of hydrogen-bond acceptors (Lipinski definition) is 2. The standard InChI is InChI=1S/C8H13FN2O/c1-7(8(9)6-12)5-11-4-2-3-10-11/h2-4,7-8,12H,5-6H2,1H3/t7-,8-/m1/s1. The lowest BCUT2D eigenvalue weighted by atomic mass is 10.1. The highest BCUT2D eigenvalue weighted by Crippen LogP contribution is 2.08. The Hall–Kier alpha value is -0.900. The largest absolute Gasteiger partial charge is 0.393 e. The van der Waals surface area contributed by atoms with E-state index in [1.165, 1.54) is 0 Å². The summed E-state index contributed by atoms with van der Waals surface area (Å²) in [5.74, 6) is -0.199. The zero-order chi connectivity index (χ0) is 8.97. The second-order valence-corrected chi connectivity index (χ2v) is 2.90. The van der Waals surface area contributed by atoms with Gasteiger partial charge >= 0.3 is 0 Å². The van der Waals surface area contributed by atoms with Crippen LogP contribution < -0.4 is 0 Å². The summed E-state index contributed by atoms with van der Waals surface area (Å²) in [6.45, 7) is 1.85. The van der Waals surface area contributed by atoms with E-state index in [0.717, 1.165) is 0 Å². The molecule has 0 radical (unpaired) electrons. The summed E-state index contributed by atoms with van der Waals surface area (Å²) < 4.78 is 14.5. The second kappa shape index (κ2) is 4.21. The van der Waals surface area contributed by atoms with Crippen LogP contribution in [0.4, 0.5) is 4.39 Å². The van der Waals surface area contributed by atoms with Crippen molar-refractivity contribution in [3.63, 3.8) is 0 Å². The molecule has 2 atom stereocenters. The van der Waals surface area contributed by atoms with Crippen molar-refractivity contribution in [3.05, 3.63) is 18.5 Å². The van der Waals surface area contributed by atoms with Gasteiger partial charge in [0.15, 0.2) is 0 Å². The first-order chi connectivity index (χ1) is 5.74. The van der Waals surface area contributed by atoms with Gasteiger partial charge in [-0.15, -0.1) is 0 Å². The number of halogens is 1. The monoisotopic (exact) mass is 172 g/mol. The first-order valence-electron chi connectivity index (χ1n) is 3.96. The fourth-order valence-corrected chi connectivity index (χ4v) is 0.998. The Morgan fingerprint density at radius 2 is 2.42 bits per heavy atom. The molecule has 1 N–H and O–H groups in total. The molecule has 0 aromatic carbocycles. The molecule has 0 aliphatic carbocycles. The molecule has 0 spiro atoms. The van der Waals surface area contributed by atoms with E-state index in [2.05, 4.69) is 5.10 Å². The molecular formula is C8H13FN2O. The molecule has 0 aliphatic heterocycles. The third-order valence-electron chi connectivity index (χ3n) is 1.83.